The van der Waals surface area contributed by atoms with E-state index in [-0.39, 0.29) is 0 Å². The van der Waals surface area contributed by atoms with E-state index in [9.17, 15) is 0 Å². The molecule has 1 aromatic rings. The molecule has 0 bridgehead atoms. The normalized spacial score (nSPS) is 14.5. The van der Waals surface area contributed by atoms with Crippen molar-refractivity contribution in [1.82, 2.24) is 10.2 Å². The average molecular weight is 297 g/mol. The van der Waals surface area contributed by atoms with Crippen LogP contribution in [0.25, 0.3) is 0 Å². The Hall–Kier alpha value is -0.570. The molecule has 1 unspecified atom stereocenters. The number of benzene rings is 1. The molecule has 0 aliphatic heterocycles. The van der Waals surface area contributed by atoms with Crippen LogP contribution in [-0.4, -0.2) is 31.6 Å². The molecule has 0 aliphatic carbocycles. The first-order chi connectivity index (χ1) is 9.49. The first-order valence-electron chi connectivity index (χ1n) is 7.63. The Bertz CT molecular complexity index is 394. The van der Waals surface area contributed by atoms with Gasteiger partial charge in [0.1, 0.15) is 0 Å². The van der Waals surface area contributed by atoms with Gasteiger partial charge >= 0.3 is 0 Å². The van der Waals surface area contributed by atoms with Crippen LogP contribution in [0.3, 0.4) is 0 Å². The molecule has 20 heavy (non-hydrogen) atoms. The predicted octanol–water partition coefficient (Wildman–Crippen LogP) is 4.19. The summed E-state index contributed by atoms with van der Waals surface area (Å²) in [6.45, 7) is 11.0. The molecule has 0 aliphatic rings. The minimum Gasteiger partial charge on any atom is -0.316 e. The second-order valence-electron chi connectivity index (χ2n) is 6.14. The molecule has 0 fully saturated rings. The Morgan fingerprint density at radius 3 is 2.65 bits per heavy atom. The number of hydrogen-bond acceptors (Lipinski definition) is 2. The van der Waals surface area contributed by atoms with Crippen LogP contribution in [0.1, 0.15) is 39.2 Å². The van der Waals surface area contributed by atoms with Crippen molar-refractivity contribution >= 4 is 11.6 Å². The van der Waals surface area contributed by atoms with Crippen molar-refractivity contribution in [2.45, 2.75) is 40.2 Å². The van der Waals surface area contributed by atoms with Crippen molar-refractivity contribution in [3.63, 3.8) is 0 Å². The molecule has 3 heteroatoms. The molecule has 0 spiro atoms. The lowest BCUT2D eigenvalue weighted by Gasteiger charge is -2.34. The van der Waals surface area contributed by atoms with E-state index < -0.39 is 0 Å². The summed E-state index contributed by atoms with van der Waals surface area (Å²) in [5, 5.41) is 4.32. The average Bonchev–Trinajstić information content (AvgIpc) is 2.36. The van der Waals surface area contributed by atoms with Gasteiger partial charge in [-0.2, -0.15) is 0 Å². The fourth-order valence-electron chi connectivity index (χ4n) is 2.91. The molecule has 0 saturated carbocycles. The summed E-state index contributed by atoms with van der Waals surface area (Å²) in [4.78, 5) is 2.40. The summed E-state index contributed by atoms with van der Waals surface area (Å²) in [5.41, 5.74) is 1.61. The first-order valence-corrected chi connectivity index (χ1v) is 8.00. The van der Waals surface area contributed by atoms with Crippen LogP contribution in [0.4, 0.5) is 0 Å². The van der Waals surface area contributed by atoms with Gasteiger partial charge in [0.05, 0.1) is 0 Å². The molecule has 0 radical (unpaired) electrons. The van der Waals surface area contributed by atoms with Gasteiger partial charge in [-0.25, -0.2) is 0 Å². The third kappa shape index (κ3) is 6.25. The molecule has 2 nitrogen and oxygen atoms in total. The molecule has 114 valence electrons. The van der Waals surface area contributed by atoms with E-state index in [0.29, 0.717) is 5.41 Å². The van der Waals surface area contributed by atoms with Crippen LogP contribution in [0.2, 0.25) is 5.02 Å². The Balaban J connectivity index is 2.59. The predicted molar refractivity (Wildman–Crippen MR) is 89.3 cm³/mol. The Labute approximate surface area is 129 Å². The zero-order valence-electron chi connectivity index (χ0n) is 13.4. The van der Waals surface area contributed by atoms with Crippen LogP contribution in [0, 0.1) is 5.41 Å². The molecule has 0 heterocycles. The van der Waals surface area contributed by atoms with Gasteiger partial charge in [0.15, 0.2) is 0 Å². The van der Waals surface area contributed by atoms with Crippen LogP contribution in [0.15, 0.2) is 24.3 Å². The molecule has 1 rings (SSSR count). The highest BCUT2D eigenvalue weighted by Gasteiger charge is 2.24. The number of rotatable bonds is 9. The van der Waals surface area contributed by atoms with Crippen molar-refractivity contribution in [2.75, 3.05) is 26.7 Å². The summed E-state index contributed by atoms with van der Waals surface area (Å²) in [6, 6.07) is 8.15. The highest BCUT2D eigenvalue weighted by Crippen LogP contribution is 2.24. The Morgan fingerprint density at radius 2 is 2.05 bits per heavy atom. The van der Waals surface area contributed by atoms with Gasteiger partial charge in [-0.1, -0.05) is 50.9 Å². The van der Waals surface area contributed by atoms with E-state index in [2.05, 4.69) is 50.2 Å². The maximum absolute atomic E-state index is 6.05. The molecule has 1 atom stereocenters. The van der Waals surface area contributed by atoms with Crippen molar-refractivity contribution in [3.8, 4) is 0 Å². The van der Waals surface area contributed by atoms with Crippen molar-refractivity contribution in [2.24, 2.45) is 5.41 Å². The number of hydrogen-bond donors (Lipinski definition) is 1. The monoisotopic (exact) mass is 296 g/mol. The standard InChI is InChI=1S/C17H29ClN2/c1-5-10-17(3,13-19-6-2)14-20(4)12-15-8-7-9-16(18)11-15/h7-9,11,19H,5-6,10,12-14H2,1-4H3. The molecule has 1 aromatic carbocycles. The lowest BCUT2D eigenvalue weighted by Crippen LogP contribution is -2.40. The fraction of sp³-hybridized carbons (Fsp3) is 0.647. The van der Waals surface area contributed by atoms with Gasteiger partial charge in [0.2, 0.25) is 0 Å². The Kier molecular flexibility index (Phi) is 7.57. The van der Waals surface area contributed by atoms with E-state index in [0.717, 1.165) is 31.2 Å². The van der Waals surface area contributed by atoms with Gasteiger partial charge in [-0.05, 0) is 43.1 Å². The zero-order chi connectivity index (χ0) is 15.0. The second kappa shape index (κ2) is 8.66. The zero-order valence-corrected chi connectivity index (χ0v) is 14.1. The topological polar surface area (TPSA) is 15.3 Å². The third-order valence-corrected chi connectivity index (χ3v) is 3.88. The highest BCUT2D eigenvalue weighted by molar-refractivity contribution is 6.30. The third-order valence-electron chi connectivity index (χ3n) is 3.65. The summed E-state index contributed by atoms with van der Waals surface area (Å²) in [5.74, 6) is 0. The van der Waals surface area contributed by atoms with Crippen molar-refractivity contribution in [1.29, 1.82) is 0 Å². The smallest absolute Gasteiger partial charge is 0.0409 e. The molecule has 0 aromatic heterocycles. The van der Waals surface area contributed by atoms with E-state index in [4.69, 9.17) is 11.6 Å². The lowest BCUT2D eigenvalue weighted by molar-refractivity contribution is 0.169. The summed E-state index contributed by atoms with van der Waals surface area (Å²) in [7, 11) is 2.20. The number of nitrogens with one attached hydrogen (secondary N) is 1. The van der Waals surface area contributed by atoms with Crippen LogP contribution >= 0.6 is 11.6 Å². The van der Waals surface area contributed by atoms with E-state index in [1.807, 2.05) is 12.1 Å². The molecular weight excluding hydrogens is 268 g/mol. The molecular formula is C17H29ClN2. The fourth-order valence-corrected chi connectivity index (χ4v) is 3.12. The minimum absolute atomic E-state index is 0.331. The Morgan fingerprint density at radius 1 is 1.30 bits per heavy atom. The quantitative estimate of drug-likeness (QED) is 0.735. The van der Waals surface area contributed by atoms with Gasteiger partial charge in [-0.3, -0.25) is 0 Å². The number of halogens is 1. The first kappa shape index (κ1) is 17.5. The summed E-state index contributed by atoms with van der Waals surface area (Å²) in [6.07, 6.45) is 2.48. The highest BCUT2D eigenvalue weighted by atomic mass is 35.5. The van der Waals surface area contributed by atoms with E-state index >= 15 is 0 Å². The molecule has 0 saturated heterocycles. The lowest BCUT2D eigenvalue weighted by atomic mass is 9.84. The van der Waals surface area contributed by atoms with Crippen LogP contribution in [0.5, 0.6) is 0 Å². The van der Waals surface area contributed by atoms with Gasteiger partial charge in [-0.15, -0.1) is 0 Å². The molecule has 1 N–H and O–H groups in total. The molecule has 0 amide bonds. The maximum Gasteiger partial charge on any atom is 0.0409 e. The largest absolute Gasteiger partial charge is 0.316 e. The van der Waals surface area contributed by atoms with Crippen molar-refractivity contribution < 1.29 is 0 Å². The van der Waals surface area contributed by atoms with E-state index in [1.165, 1.54) is 18.4 Å². The minimum atomic E-state index is 0.331. The second-order valence-corrected chi connectivity index (χ2v) is 6.58. The van der Waals surface area contributed by atoms with Gasteiger partial charge < -0.3 is 10.2 Å². The number of nitrogens with zero attached hydrogens (tertiary/aromatic N) is 1. The summed E-state index contributed by atoms with van der Waals surface area (Å²) < 4.78 is 0. The van der Waals surface area contributed by atoms with Gasteiger partial charge in [0, 0.05) is 24.7 Å². The van der Waals surface area contributed by atoms with Crippen LogP contribution in [-0.2, 0) is 6.54 Å². The SMILES string of the molecule is CCCC(C)(CNCC)CN(C)Cc1cccc(Cl)c1. The van der Waals surface area contributed by atoms with E-state index in [1.54, 1.807) is 0 Å². The van der Waals surface area contributed by atoms with Gasteiger partial charge in [0.25, 0.3) is 0 Å². The van der Waals surface area contributed by atoms with Crippen LogP contribution < -0.4 is 5.32 Å². The van der Waals surface area contributed by atoms with Crippen molar-refractivity contribution in [3.05, 3.63) is 34.9 Å². The maximum atomic E-state index is 6.05. The summed E-state index contributed by atoms with van der Waals surface area (Å²) >= 11 is 6.05.